The van der Waals surface area contributed by atoms with Gasteiger partial charge < -0.3 is 10.1 Å². The van der Waals surface area contributed by atoms with Gasteiger partial charge >= 0.3 is 0 Å². The molecular weight excluding hydrogens is 210 g/mol. The molecule has 0 aliphatic rings. The minimum Gasteiger partial charge on any atom is -0.494 e. The van der Waals surface area contributed by atoms with Crippen LogP contribution in [0.1, 0.15) is 39.2 Å². The normalized spacial score (nSPS) is 11.5. The van der Waals surface area contributed by atoms with Gasteiger partial charge in [-0.25, -0.2) is 0 Å². The van der Waals surface area contributed by atoms with Crippen LogP contribution in [0.5, 0.6) is 5.75 Å². The predicted octanol–water partition coefficient (Wildman–Crippen LogP) is 3.54. The van der Waals surface area contributed by atoms with E-state index in [1.165, 1.54) is 5.56 Å². The second kappa shape index (κ2) is 6.65. The number of benzene rings is 1. The Labute approximate surface area is 105 Å². The van der Waals surface area contributed by atoms with Crippen molar-refractivity contribution in [3.63, 3.8) is 0 Å². The molecular formula is C15H25NO. The van der Waals surface area contributed by atoms with Crippen LogP contribution in [0, 0.1) is 6.92 Å². The summed E-state index contributed by atoms with van der Waals surface area (Å²) >= 11 is 0. The van der Waals surface area contributed by atoms with Crippen LogP contribution in [-0.4, -0.2) is 18.7 Å². The molecule has 0 amide bonds. The number of aryl methyl sites for hydroxylation is 1. The van der Waals surface area contributed by atoms with E-state index in [1.54, 1.807) is 0 Å². The van der Waals surface area contributed by atoms with Crippen LogP contribution in [0.3, 0.4) is 0 Å². The molecule has 17 heavy (non-hydrogen) atoms. The molecule has 96 valence electrons. The van der Waals surface area contributed by atoms with Gasteiger partial charge in [-0.3, -0.25) is 0 Å². The van der Waals surface area contributed by atoms with Gasteiger partial charge in [0.1, 0.15) is 5.75 Å². The zero-order valence-electron chi connectivity index (χ0n) is 11.5. The Morgan fingerprint density at radius 1 is 1.06 bits per heavy atom. The molecule has 1 rings (SSSR count). The maximum atomic E-state index is 5.67. The van der Waals surface area contributed by atoms with Crippen LogP contribution in [0.2, 0.25) is 0 Å². The van der Waals surface area contributed by atoms with E-state index in [9.17, 15) is 0 Å². The smallest absolute Gasteiger partial charge is 0.119 e. The number of rotatable bonds is 6. The van der Waals surface area contributed by atoms with Gasteiger partial charge in [0.15, 0.2) is 0 Å². The summed E-state index contributed by atoms with van der Waals surface area (Å²) in [5.74, 6) is 0.972. The third kappa shape index (κ3) is 7.01. The number of hydrogen-bond acceptors (Lipinski definition) is 2. The quantitative estimate of drug-likeness (QED) is 0.761. The fraction of sp³-hybridized carbons (Fsp3) is 0.600. The van der Waals surface area contributed by atoms with Gasteiger partial charge in [-0.15, -0.1) is 0 Å². The molecule has 0 fully saturated rings. The molecule has 1 N–H and O–H groups in total. The zero-order valence-corrected chi connectivity index (χ0v) is 11.5. The highest BCUT2D eigenvalue weighted by atomic mass is 16.5. The summed E-state index contributed by atoms with van der Waals surface area (Å²) in [6.07, 6.45) is 2.25. The van der Waals surface area contributed by atoms with Crippen LogP contribution < -0.4 is 10.1 Å². The lowest BCUT2D eigenvalue weighted by atomic mass is 10.1. The van der Waals surface area contributed by atoms with Crippen LogP contribution in [-0.2, 0) is 0 Å². The summed E-state index contributed by atoms with van der Waals surface area (Å²) in [7, 11) is 0. The van der Waals surface area contributed by atoms with Crippen LogP contribution >= 0.6 is 0 Å². The molecule has 0 unspecified atom stereocenters. The second-order valence-corrected chi connectivity index (χ2v) is 5.55. The topological polar surface area (TPSA) is 21.3 Å². The van der Waals surface area contributed by atoms with E-state index < -0.39 is 0 Å². The largest absolute Gasteiger partial charge is 0.494 e. The highest BCUT2D eigenvalue weighted by Crippen LogP contribution is 2.11. The van der Waals surface area contributed by atoms with Crippen molar-refractivity contribution in [3.05, 3.63) is 29.8 Å². The molecule has 0 heterocycles. The number of nitrogens with one attached hydrogen (secondary N) is 1. The van der Waals surface area contributed by atoms with Crippen molar-refractivity contribution >= 4 is 0 Å². The minimum absolute atomic E-state index is 0.220. The lowest BCUT2D eigenvalue weighted by molar-refractivity contribution is 0.301. The molecule has 0 spiro atoms. The molecule has 0 saturated carbocycles. The van der Waals surface area contributed by atoms with Crippen LogP contribution in [0.25, 0.3) is 0 Å². The Hall–Kier alpha value is -1.02. The van der Waals surface area contributed by atoms with E-state index in [0.717, 1.165) is 31.7 Å². The molecule has 0 bridgehead atoms. The van der Waals surface area contributed by atoms with Crippen molar-refractivity contribution in [3.8, 4) is 5.75 Å². The maximum Gasteiger partial charge on any atom is 0.119 e. The molecule has 1 aromatic rings. The predicted molar refractivity (Wildman–Crippen MR) is 73.7 cm³/mol. The fourth-order valence-corrected chi connectivity index (χ4v) is 1.51. The molecule has 0 radical (unpaired) electrons. The van der Waals surface area contributed by atoms with E-state index in [0.29, 0.717) is 0 Å². The first kappa shape index (κ1) is 14.0. The molecule has 0 saturated heterocycles. The fourth-order valence-electron chi connectivity index (χ4n) is 1.51. The average Bonchev–Trinajstić information content (AvgIpc) is 2.24. The van der Waals surface area contributed by atoms with Crippen molar-refractivity contribution in [1.82, 2.24) is 5.32 Å². The van der Waals surface area contributed by atoms with Gasteiger partial charge in [-0.05, 0) is 59.2 Å². The van der Waals surface area contributed by atoms with Gasteiger partial charge in [0.2, 0.25) is 0 Å². The number of unbranched alkanes of at least 4 members (excludes halogenated alkanes) is 1. The molecule has 1 aromatic carbocycles. The first-order chi connectivity index (χ1) is 7.97. The summed E-state index contributed by atoms with van der Waals surface area (Å²) in [5.41, 5.74) is 1.49. The summed E-state index contributed by atoms with van der Waals surface area (Å²) in [4.78, 5) is 0. The highest BCUT2D eigenvalue weighted by Gasteiger charge is 2.06. The maximum absolute atomic E-state index is 5.67. The molecule has 0 atom stereocenters. The molecule has 0 aliphatic heterocycles. The third-order valence-corrected chi connectivity index (χ3v) is 2.52. The SMILES string of the molecule is Cc1ccc(OCCCCNC(C)(C)C)cc1. The first-order valence-corrected chi connectivity index (χ1v) is 6.42. The Bertz CT molecular complexity index is 311. The van der Waals surface area contributed by atoms with Crippen LogP contribution in [0.4, 0.5) is 0 Å². The van der Waals surface area contributed by atoms with Crippen molar-refractivity contribution < 1.29 is 4.74 Å². The Balaban J connectivity index is 2.07. The summed E-state index contributed by atoms with van der Waals surface area (Å²) in [6.45, 7) is 10.5. The van der Waals surface area contributed by atoms with E-state index >= 15 is 0 Å². The van der Waals surface area contributed by atoms with E-state index in [4.69, 9.17) is 4.74 Å². The van der Waals surface area contributed by atoms with Gasteiger partial charge in [-0.2, -0.15) is 0 Å². The van der Waals surface area contributed by atoms with Gasteiger partial charge in [0.05, 0.1) is 6.61 Å². The van der Waals surface area contributed by atoms with Gasteiger partial charge in [0, 0.05) is 5.54 Å². The van der Waals surface area contributed by atoms with Crippen molar-refractivity contribution in [2.24, 2.45) is 0 Å². The lowest BCUT2D eigenvalue weighted by Gasteiger charge is -2.20. The van der Waals surface area contributed by atoms with Gasteiger partial charge in [0.25, 0.3) is 0 Å². The standard InChI is InChI=1S/C15H25NO/c1-13-7-9-14(10-8-13)17-12-6-5-11-16-15(2,3)4/h7-10,16H,5-6,11-12H2,1-4H3. The van der Waals surface area contributed by atoms with E-state index in [-0.39, 0.29) is 5.54 Å². The van der Waals surface area contributed by atoms with E-state index in [2.05, 4.69) is 45.1 Å². The van der Waals surface area contributed by atoms with Crippen molar-refractivity contribution in [2.75, 3.05) is 13.2 Å². The Morgan fingerprint density at radius 2 is 1.71 bits per heavy atom. The first-order valence-electron chi connectivity index (χ1n) is 6.42. The third-order valence-electron chi connectivity index (χ3n) is 2.52. The summed E-state index contributed by atoms with van der Waals surface area (Å²) < 4.78 is 5.67. The Morgan fingerprint density at radius 3 is 2.29 bits per heavy atom. The number of hydrogen-bond donors (Lipinski definition) is 1. The monoisotopic (exact) mass is 235 g/mol. The molecule has 0 aliphatic carbocycles. The van der Waals surface area contributed by atoms with Crippen LogP contribution in [0.15, 0.2) is 24.3 Å². The summed E-state index contributed by atoms with van der Waals surface area (Å²) in [6, 6.07) is 8.22. The van der Waals surface area contributed by atoms with E-state index in [1.807, 2.05) is 12.1 Å². The van der Waals surface area contributed by atoms with Gasteiger partial charge in [-0.1, -0.05) is 17.7 Å². The Kier molecular flexibility index (Phi) is 5.49. The number of ether oxygens (including phenoxy) is 1. The molecule has 0 aromatic heterocycles. The second-order valence-electron chi connectivity index (χ2n) is 5.55. The van der Waals surface area contributed by atoms with Crippen molar-refractivity contribution in [2.45, 2.75) is 46.1 Å². The average molecular weight is 235 g/mol. The highest BCUT2D eigenvalue weighted by molar-refractivity contribution is 5.26. The lowest BCUT2D eigenvalue weighted by Crippen LogP contribution is -2.36. The minimum atomic E-state index is 0.220. The molecule has 2 nitrogen and oxygen atoms in total. The molecule has 2 heteroatoms. The van der Waals surface area contributed by atoms with Crippen molar-refractivity contribution in [1.29, 1.82) is 0 Å². The zero-order chi connectivity index (χ0) is 12.7. The summed E-state index contributed by atoms with van der Waals surface area (Å²) in [5, 5.41) is 3.47.